The normalized spacial score (nSPS) is 27.1. The van der Waals surface area contributed by atoms with Gasteiger partial charge in [0.05, 0.1) is 0 Å². The van der Waals surface area contributed by atoms with Gasteiger partial charge in [0.25, 0.3) is 0 Å². The van der Waals surface area contributed by atoms with Crippen LogP contribution in [0, 0.1) is 23.6 Å². The summed E-state index contributed by atoms with van der Waals surface area (Å²) in [6.07, 6.45) is 10.7. The van der Waals surface area contributed by atoms with E-state index in [0.29, 0.717) is 5.92 Å². The fourth-order valence-electron chi connectivity index (χ4n) is 4.73. The van der Waals surface area contributed by atoms with Gasteiger partial charge in [0.2, 0.25) is 0 Å². The van der Waals surface area contributed by atoms with Gasteiger partial charge in [-0.05, 0) is 73.1 Å². The molecule has 24 heavy (non-hydrogen) atoms. The second-order valence-corrected chi connectivity index (χ2v) is 7.50. The maximum Gasteiger partial charge on any atom is 0.387 e. The number of benzene rings is 1. The van der Waals surface area contributed by atoms with Crippen molar-refractivity contribution in [3.63, 3.8) is 0 Å². The maximum absolute atomic E-state index is 14.0. The number of alkyl halides is 2. The molecule has 1 atom stereocenters. The minimum atomic E-state index is -2.98. The SMILES string of the molecule is CCCC1CCC(C2CCc3cc(OC(F)F)c(F)cc3C2)CC1. The van der Waals surface area contributed by atoms with Crippen LogP contribution in [0.25, 0.3) is 0 Å². The van der Waals surface area contributed by atoms with E-state index in [2.05, 4.69) is 11.7 Å². The summed E-state index contributed by atoms with van der Waals surface area (Å²) in [4.78, 5) is 0. The highest BCUT2D eigenvalue weighted by molar-refractivity contribution is 5.39. The Kier molecular flexibility index (Phi) is 5.72. The van der Waals surface area contributed by atoms with Crippen molar-refractivity contribution in [2.24, 2.45) is 17.8 Å². The first kappa shape index (κ1) is 17.6. The first-order chi connectivity index (χ1) is 11.6. The molecule has 4 heteroatoms. The van der Waals surface area contributed by atoms with E-state index in [1.807, 2.05) is 0 Å². The smallest absolute Gasteiger partial charge is 0.387 e. The van der Waals surface area contributed by atoms with Crippen LogP contribution in [0.2, 0.25) is 0 Å². The van der Waals surface area contributed by atoms with Crippen LogP contribution in [0.3, 0.4) is 0 Å². The Morgan fingerprint density at radius 1 is 1.04 bits per heavy atom. The number of ether oxygens (including phenoxy) is 1. The predicted octanol–water partition coefficient (Wildman–Crippen LogP) is 6.14. The number of hydrogen-bond donors (Lipinski definition) is 0. The van der Waals surface area contributed by atoms with E-state index in [1.54, 1.807) is 0 Å². The molecule has 2 aliphatic carbocycles. The number of halogens is 3. The van der Waals surface area contributed by atoms with E-state index in [0.717, 1.165) is 42.2 Å². The van der Waals surface area contributed by atoms with Crippen molar-refractivity contribution in [2.75, 3.05) is 0 Å². The van der Waals surface area contributed by atoms with Crippen molar-refractivity contribution in [1.82, 2.24) is 0 Å². The van der Waals surface area contributed by atoms with Crippen molar-refractivity contribution in [1.29, 1.82) is 0 Å². The molecule has 0 N–H and O–H groups in total. The highest BCUT2D eigenvalue weighted by atomic mass is 19.3. The molecule has 0 aromatic heterocycles. The summed E-state index contributed by atoms with van der Waals surface area (Å²) in [5.74, 6) is 1.27. The molecule has 1 saturated carbocycles. The zero-order chi connectivity index (χ0) is 17.1. The molecule has 0 saturated heterocycles. The van der Waals surface area contributed by atoms with Gasteiger partial charge < -0.3 is 4.74 Å². The molecule has 0 heterocycles. The number of aryl methyl sites for hydroxylation is 1. The molecular weight excluding hydrogens is 313 g/mol. The molecule has 1 fully saturated rings. The molecule has 1 aromatic rings. The van der Waals surface area contributed by atoms with Crippen LogP contribution in [0.15, 0.2) is 12.1 Å². The lowest BCUT2D eigenvalue weighted by molar-refractivity contribution is -0.0522. The molecule has 0 spiro atoms. The lowest BCUT2D eigenvalue weighted by atomic mass is 9.69. The quantitative estimate of drug-likeness (QED) is 0.626. The summed E-state index contributed by atoms with van der Waals surface area (Å²) in [6.45, 7) is -0.725. The highest BCUT2D eigenvalue weighted by Crippen LogP contribution is 2.41. The van der Waals surface area contributed by atoms with Crippen molar-refractivity contribution < 1.29 is 17.9 Å². The second kappa shape index (κ2) is 7.79. The van der Waals surface area contributed by atoms with Gasteiger partial charge in [0.1, 0.15) is 0 Å². The van der Waals surface area contributed by atoms with Gasteiger partial charge in [0, 0.05) is 0 Å². The zero-order valence-corrected chi connectivity index (χ0v) is 14.4. The Morgan fingerprint density at radius 2 is 1.79 bits per heavy atom. The second-order valence-electron chi connectivity index (χ2n) is 7.50. The fourth-order valence-corrected chi connectivity index (χ4v) is 4.73. The van der Waals surface area contributed by atoms with Crippen LogP contribution in [-0.4, -0.2) is 6.61 Å². The van der Waals surface area contributed by atoms with Crippen LogP contribution in [0.4, 0.5) is 13.2 Å². The van der Waals surface area contributed by atoms with Gasteiger partial charge in [-0.25, -0.2) is 4.39 Å². The lowest BCUT2D eigenvalue weighted by Gasteiger charge is -2.36. The molecule has 3 rings (SSSR count). The van der Waals surface area contributed by atoms with Crippen LogP contribution < -0.4 is 4.74 Å². The first-order valence-electron chi connectivity index (χ1n) is 9.33. The average Bonchev–Trinajstić information content (AvgIpc) is 2.56. The minimum absolute atomic E-state index is 0.317. The third-order valence-electron chi connectivity index (χ3n) is 5.99. The molecular formula is C20H27F3O. The Morgan fingerprint density at radius 3 is 2.46 bits per heavy atom. The van der Waals surface area contributed by atoms with Gasteiger partial charge in [-0.3, -0.25) is 0 Å². The molecule has 0 aliphatic heterocycles. The van der Waals surface area contributed by atoms with Crippen molar-refractivity contribution in [3.05, 3.63) is 29.1 Å². The van der Waals surface area contributed by atoms with Crippen LogP contribution in [0.5, 0.6) is 5.75 Å². The Balaban J connectivity index is 1.64. The molecule has 1 nitrogen and oxygen atoms in total. The summed E-state index contributed by atoms with van der Waals surface area (Å²) in [7, 11) is 0. The summed E-state index contributed by atoms with van der Waals surface area (Å²) >= 11 is 0. The number of fused-ring (bicyclic) bond motifs is 1. The van der Waals surface area contributed by atoms with Crippen LogP contribution in [0.1, 0.15) is 63.0 Å². The van der Waals surface area contributed by atoms with E-state index in [9.17, 15) is 13.2 Å². The van der Waals surface area contributed by atoms with Crippen molar-refractivity contribution in [3.8, 4) is 5.75 Å². The predicted molar refractivity (Wildman–Crippen MR) is 88.9 cm³/mol. The lowest BCUT2D eigenvalue weighted by Crippen LogP contribution is -2.26. The van der Waals surface area contributed by atoms with Crippen LogP contribution in [-0.2, 0) is 12.8 Å². The summed E-state index contributed by atoms with van der Waals surface area (Å²) in [5, 5.41) is 0. The summed E-state index contributed by atoms with van der Waals surface area (Å²) in [5.41, 5.74) is 1.96. The van der Waals surface area contributed by atoms with E-state index < -0.39 is 12.4 Å². The van der Waals surface area contributed by atoms with Crippen molar-refractivity contribution in [2.45, 2.75) is 71.3 Å². The van der Waals surface area contributed by atoms with E-state index in [4.69, 9.17) is 0 Å². The molecule has 0 radical (unpaired) electrons. The zero-order valence-electron chi connectivity index (χ0n) is 14.4. The first-order valence-corrected chi connectivity index (χ1v) is 9.33. The number of rotatable bonds is 5. The Hall–Kier alpha value is -1.19. The Labute approximate surface area is 142 Å². The molecule has 2 aliphatic rings. The summed E-state index contributed by atoms with van der Waals surface area (Å²) in [6, 6.07) is 2.90. The van der Waals surface area contributed by atoms with Gasteiger partial charge in [-0.15, -0.1) is 0 Å². The minimum Gasteiger partial charge on any atom is -0.432 e. The molecule has 1 aromatic carbocycles. The van der Waals surface area contributed by atoms with Crippen LogP contribution >= 0.6 is 0 Å². The summed E-state index contributed by atoms with van der Waals surface area (Å²) < 4.78 is 42.9. The van der Waals surface area contributed by atoms with Gasteiger partial charge >= 0.3 is 6.61 Å². The number of hydrogen-bond acceptors (Lipinski definition) is 1. The monoisotopic (exact) mass is 340 g/mol. The molecule has 134 valence electrons. The van der Waals surface area contributed by atoms with Gasteiger partial charge in [-0.1, -0.05) is 32.6 Å². The maximum atomic E-state index is 14.0. The largest absolute Gasteiger partial charge is 0.432 e. The fraction of sp³-hybridized carbons (Fsp3) is 0.700. The van der Waals surface area contributed by atoms with E-state index in [-0.39, 0.29) is 5.75 Å². The Bertz CT molecular complexity index is 550. The third-order valence-corrected chi connectivity index (χ3v) is 5.99. The van der Waals surface area contributed by atoms with E-state index >= 15 is 0 Å². The molecule has 1 unspecified atom stereocenters. The molecule has 0 bridgehead atoms. The topological polar surface area (TPSA) is 9.23 Å². The highest BCUT2D eigenvalue weighted by Gasteiger charge is 2.30. The van der Waals surface area contributed by atoms with E-state index in [1.165, 1.54) is 50.7 Å². The standard InChI is InChI=1S/C20H27F3O/c1-2-3-13-4-6-14(7-5-13)15-8-9-16-12-19(24-20(22)23)18(21)11-17(16)10-15/h11-15,20H,2-10H2,1H3. The van der Waals surface area contributed by atoms with Gasteiger partial charge in [-0.2, -0.15) is 8.78 Å². The molecule has 0 amide bonds. The average molecular weight is 340 g/mol. The third kappa shape index (κ3) is 4.07. The van der Waals surface area contributed by atoms with Crippen molar-refractivity contribution >= 4 is 0 Å². The van der Waals surface area contributed by atoms with Gasteiger partial charge in [0.15, 0.2) is 11.6 Å².